The molecule has 0 amide bonds. The molecule has 0 saturated carbocycles. The summed E-state index contributed by atoms with van der Waals surface area (Å²) >= 11 is 0. The monoisotopic (exact) mass is 192 g/mol. The Bertz CT molecular complexity index is 331. The Balaban J connectivity index is 2.50. The molecule has 0 spiro atoms. The molecule has 0 saturated heterocycles. The van der Waals surface area contributed by atoms with Crippen molar-refractivity contribution in [2.45, 2.75) is 19.3 Å². The largest absolute Gasteiger partial charge is 0.481 e. The molecule has 74 valence electrons. The molecule has 0 heterocycles. The second-order valence-corrected chi connectivity index (χ2v) is 3.11. The maximum atomic E-state index is 10.4. The highest BCUT2D eigenvalue weighted by atomic mass is 16.4. The maximum Gasteiger partial charge on any atom is 0.303 e. The van der Waals surface area contributed by atoms with Crippen LogP contribution in [0.5, 0.6) is 0 Å². The van der Waals surface area contributed by atoms with Gasteiger partial charge in [0.25, 0.3) is 0 Å². The number of aldehydes is 1. The van der Waals surface area contributed by atoms with Crippen LogP contribution in [0.3, 0.4) is 0 Å². The van der Waals surface area contributed by atoms with E-state index >= 15 is 0 Å². The van der Waals surface area contributed by atoms with E-state index < -0.39 is 5.97 Å². The number of aryl methyl sites for hydroxylation is 1. The fraction of sp³-hybridized carbons (Fsp3) is 0.273. The average Bonchev–Trinajstić information content (AvgIpc) is 2.18. The fourth-order valence-electron chi connectivity index (χ4n) is 1.27. The first-order chi connectivity index (χ1) is 6.72. The minimum Gasteiger partial charge on any atom is -0.481 e. The van der Waals surface area contributed by atoms with Crippen LogP contribution in [0, 0.1) is 0 Å². The number of carboxylic acid groups (broad SMARTS) is 1. The molecule has 14 heavy (non-hydrogen) atoms. The lowest BCUT2D eigenvalue weighted by Crippen LogP contribution is -1.96. The molecule has 0 atom stereocenters. The summed E-state index contributed by atoms with van der Waals surface area (Å²) in [6.45, 7) is 0. The minimum atomic E-state index is -0.781. The quantitative estimate of drug-likeness (QED) is 0.725. The van der Waals surface area contributed by atoms with E-state index in [2.05, 4.69) is 0 Å². The van der Waals surface area contributed by atoms with Crippen molar-refractivity contribution in [3.05, 3.63) is 35.4 Å². The molecular weight excluding hydrogens is 180 g/mol. The molecule has 0 aliphatic carbocycles. The van der Waals surface area contributed by atoms with Crippen molar-refractivity contribution < 1.29 is 14.7 Å². The van der Waals surface area contributed by atoms with Crippen molar-refractivity contribution in [3.63, 3.8) is 0 Å². The molecular formula is C11H12O3. The van der Waals surface area contributed by atoms with Gasteiger partial charge in [-0.15, -0.1) is 0 Å². The number of hydrogen-bond acceptors (Lipinski definition) is 2. The van der Waals surface area contributed by atoms with Gasteiger partial charge in [0.15, 0.2) is 0 Å². The van der Waals surface area contributed by atoms with Gasteiger partial charge in [-0.3, -0.25) is 9.59 Å². The van der Waals surface area contributed by atoms with E-state index in [9.17, 15) is 9.59 Å². The lowest BCUT2D eigenvalue weighted by atomic mass is 10.1. The van der Waals surface area contributed by atoms with Crippen molar-refractivity contribution in [1.29, 1.82) is 0 Å². The summed E-state index contributed by atoms with van der Waals surface area (Å²) in [5.74, 6) is -0.781. The Morgan fingerprint density at radius 3 is 2.86 bits per heavy atom. The van der Waals surface area contributed by atoms with E-state index in [1.54, 1.807) is 18.2 Å². The van der Waals surface area contributed by atoms with E-state index in [0.717, 1.165) is 11.8 Å². The van der Waals surface area contributed by atoms with Crippen LogP contribution in [-0.2, 0) is 11.2 Å². The number of benzene rings is 1. The normalized spacial score (nSPS) is 9.71. The standard InChI is InChI=1S/C11H12O3/c12-8-10-5-1-3-9(7-10)4-2-6-11(13)14/h1,3,5,7-8H,2,4,6H2,(H,13,14). The second-order valence-electron chi connectivity index (χ2n) is 3.11. The average molecular weight is 192 g/mol. The number of carbonyl (C=O) groups is 2. The van der Waals surface area contributed by atoms with E-state index in [0.29, 0.717) is 18.4 Å². The molecule has 0 aliphatic rings. The third-order valence-electron chi connectivity index (χ3n) is 1.94. The van der Waals surface area contributed by atoms with Crippen LogP contribution >= 0.6 is 0 Å². The van der Waals surface area contributed by atoms with Crippen LogP contribution in [0.25, 0.3) is 0 Å². The van der Waals surface area contributed by atoms with Crippen LogP contribution in [0.1, 0.15) is 28.8 Å². The molecule has 1 aromatic rings. The predicted octanol–water partition coefficient (Wildman–Crippen LogP) is 1.91. The topological polar surface area (TPSA) is 54.4 Å². The zero-order chi connectivity index (χ0) is 10.4. The van der Waals surface area contributed by atoms with Crippen LogP contribution < -0.4 is 0 Å². The molecule has 0 aliphatic heterocycles. The fourth-order valence-corrected chi connectivity index (χ4v) is 1.27. The summed E-state index contributed by atoms with van der Waals surface area (Å²) in [5, 5.41) is 8.44. The van der Waals surface area contributed by atoms with Gasteiger partial charge >= 0.3 is 5.97 Å². The smallest absolute Gasteiger partial charge is 0.303 e. The Hall–Kier alpha value is -1.64. The number of hydrogen-bond donors (Lipinski definition) is 1. The predicted molar refractivity (Wildman–Crippen MR) is 52.4 cm³/mol. The van der Waals surface area contributed by atoms with Crippen molar-refractivity contribution in [3.8, 4) is 0 Å². The van der Waals surface area contributed by atoms with Gasteiger partial charge in [-0.2, -0.15) is 0 Å². The molecule has 1 rings (SSSR count). The number of carboxylic acids is 1. The van der Waals surface area contributed by atoms with Gasteiger partial charge in [-0.1, -0.05) is 18.2 Å². The second kappa shape index (κ2) is 5.17. The summed E-state index contributed by atoms with van der Waals surface area (Å²) in [7, 11) is 0. The molecule has 0 fully saturated rings. The van der Waals surface area contributed by atoms with Gasteiger partial charge in [0.05, 0.1) is 0 Å². The van der Waals surface area contributed by atoms with Gasteiger partial charge in [0, 0.05) is 12.0 Å². The summed E-state index contributed by atoms with van der Waals surface area (Å²) < 4.78 is 0. The van der Waals surface area contributed by atoms with Crippen LogP contribution in [-0.4, -0.2) is 17.4 Å². The molecule has 1 N–H and O–H groups in total. The summed E-state index contributed by atoms with van der Waals surface area (Å²) in [4.78, 5) is 20.7. The van der Waals surface area contributed by atoms with Crippen LogP contribution in [0.4, 0.5) is 0 Å². The number of aliphatic carboxylic acids is 1. The third kappa shape index (κ3) is 3.39. The highest BCUT2D eigenvalue weighted by molar-refractivity contribution is 5.74. The van der Waals surface area contributed by atoms with Gasteiger partial charge in [0.1, 0.15) is 6.29 Å². The highest BCUT2D eigenvalue weighted by Gasteiger charge is 1.98. The van der Waals surface area contributed by atoms with Gasteiger partial charge < -0.3 is 5.11 Å². The Morgan fingerprint density at radius 1 is 1.43 bits per heavy atom. The van der Waals surface area contributed by atoms with E-state index in [-0.39, 0.29) is 6.42 Å². The molecule has 1 aromatic carbocycles. The molecule has 0 unspecified atom stereocenters. The number of rotatable bonds is 5. The lowest BCUT2D eigenvalue weighted by molar-refractivity contribution is -0.137. The van der Waals surface area contributed by atoms with Crippen molar-refractivity contribution >= 4 is 12.3 Å². The third-order valence-corrected chi connectivity index (χ3v) is 1.94. The first-order valence-corrected chi connectivity index (χ1v) is 4.48. The maximum absolute atomic E-state index is 10.4. The SMILES string of the molecule is O=Cc1cccc(CCCC(=O)O)c1. The summed E-state index contributed by atoms with van der Waals surface area (Å²) in [6.07, 6.45) is 2.28. The molecule has 3 nitrogen and oxygen atoms in total. The number of carbonyl (C=O) groups excluding carboxylic acids is 1. The lowest BCUT2D eigenvalue weighted by Gasteiger charge is -1.99. The Morgan fingerprint density at radius 2 is 2.21 bits per heavy atom. The van der Waals surface area contributed by atoms with Gasteiger partial charge in [-0.25, -0.2) is 0 Å². The summed E-state index contributed by atoms with van der Waals surface area (Å²) in [6, 6.07) is 7.22. The van der Waals surface area contributed by atoms with E-state index in [4.69, 9.17) is 5.11 Å². The molecule has 0 bridgehead atoms. The zero-order valence-electron chi connectivity index (χ0n) is 7.77. The molecule has 3 heteroatoms. The molecule has 0 aromatic heterocycles. The Labute approximate surface area is 82.4 Å². The highest BCUT2D eigenvalue weighted by Crippen LogP contribution is 2.07. The van der Waals surface area contributed by atoms with Crippen molar-refractivity contribution in [2.75, 3.05) is 0 Å². The first-order valence-electron chi connectivity index (χ1n) is 4.48. The van der Waals surface area contributed by atoms with Crippen LogP contribution in [0.15, 0.2) is 24.3 Å². The van der Waals surface area contributed by atoms with Crippen molar-refractivity contribution in [1.82, 2.24) is 0 Å². The molecule has 0 radical (unpaired) electrons. The van der Waals surface area contributed by atoms with Gasteiger partial charge in [-0.05, 0) is 24.5 Å². The van der Waals surface area contributed by atoms with E-state index in [1.807, 2.05) is 6.07 Å². The van der Waals surface area contributed by atoms with E-state index in [1.165, 1.54) is 0 Å². The van der Waals surface area contributed by atoms with Gasteiger partial charge in [0.2, 0.25) is 0 Å². The summed E-state index contributed by atoms with van der Waals surface area (Å²) in [5.41, 5.74) is 1.65. The van der Waals surface area contributed by atoms with Crippen LogP contribution in [0.2, 0.25) is 0 Å². The zero-order valence-corrected chi connectivity index (χ0v) is 7.77. The Kier molecular flexibility index (Phi) is 3.85. The van der Waals surface area contributed by atoms with Crippen molar-refractivity contribution in [2.24, 2.45) is 0 Å². The first kappa shape index (κ1) is 10.4. The minimum absolute atomic E-state index is 0.172.